The van der Waals surface area contributed by atoms with Crippen molar-refractivity contribution in [2.45, 2.75) is 46.0 Å². The zero-order valence-electron chi connectivity index (χ0n) is 9.76. The highest BCUT2D eigenvalue weighted by Gasteiger charge is 2.26. The molecule has 2 heteroatoms. The monoisotopic (exact) mass is 272 g/mol. The maximum absolute atomic E-state index is 5.14. The fourth-order valence-corrected chi connectivity index (χ4v) is 2.85. The summed E-state index contributed by atoms with van der Waals surface area (Å²) in [5.41, 5.74) is 1.74. The molecule has 0 fully saturated rings. The molecular weight excluding hydrogens is 252 g/mol. The third kappa shape index (κ3) is 3.67. The van der Waals surface area contributed by atoms with Crippen LogP contribution in [0, 0.1) is 5.41 Å². The fourth-order valence-electron chi connectivity index (χ4n) is 1.98. The van der Waals surface area contributed by atoms with Gasteiger partial charge in [0.1, 0.15) is 0 Å². The van der Waals surface area contributed by atoms with Crippen LogP contribution >= 0.6 is 15.9 Å². The van der Waals surface area contributed by atoms with Crippen LogP contribution in [0.3, 0.4) is 0 Å². The van der Waals surface area contributed by atoms with E-state index in [1.54, 1.807) is 6.26 Å². The average Bonchev–Trinajstić information content (AvgIpc) is 2.77. The highest BCUT2D eigenvalue weighted by atomic mass is 79.9. The first-order valence-corrected chi connectivity index (χ1v) is 6.95. The molecule has 0 amide bonds. The number of unbranched alkanes of at least 4 members (excludes halogenated alkanes) is 1. The summed E-state index contributed by atoms with van der Waals surface area (Å²) in [6, 6.07) is 2.08. The fraction of sp³-hybridized carbons (Fsp3) is 0.692. The third-order valence-electron chi connectivity index (χ3n) is 3.25. The van der Waals surface area contributed by atoms with Gasteiger partial charge < -0.3 is 4.42 Å². The van der Waals surface area contributed by atoms with E-state index in [2.05, 4.69) is 35.8 Å². The molecule has 0 saturated heterocycles. The molecule has 0 radical (unpaired) electrons. The number of alkyl halides is 1. The number of halogens is 1. The van der Waals surface area contributed by atoms with Crippen LogP contribution in [-0.4, -0.2) is 5.33 Å². The molecule has 0 aliphatic carbocycles. The summed E-state index contributed by atoms with van der Waals surface area (Å²) in [4.78, 5) is 0. The van der Waals surface area contributed by atoms with Crippen LogP contribution in [0.1, 0.15) is 45.1 Å². The Bertz CT molecular complexity index is 250. The summed E-state index contributed by atoms with van der Waals surface area (Å²) in [7, 11) is 0. The van der Waals surface area contributed by atoms with Crippen molar-refractivity contribution in [2.75, 3.05) is 5.33 Å². The van der Waals surface area contributed by atoms with E-state index >= 15 is 0 Å². The first kappa shape index (κ1) is 12.8. The molecule has 0 spiro atoms. The smallest absolute Gasteiger partial charge is 0.0934 e. The maximum atomic E-state index is 5.14. The largest absolute Gasteiger partial charge is 0.472 e. The second-order valence-electron chi connectivity index (χ2n) is 4.40. The third-order valence-corrected chi connectivity index (χ3v) is 4.44. The van der Waals surface area contributed by atoms with Gasteiger partial charge in [-0.3, -0.25) is 0 Å². The van der Waals surface area contributed by atoms with Gasteiger partial charge in [-0.05, 0) is 36.3 Å². The Kier molecular flexibility index (Phi) is 5.44. The molecule has 1 unspecified atom stereocenters. The van der Waals surface area contributed by atoms with E-state index < -0.39 is 0 Å². The summed E-state index contributed by atoms with van der Waals surface area (Å²) < 4.78 is 5.14. The normalized spacial score (nSPS) is 15.1. The van der Waals surface area contributed by atoms with Gasteiger partial charge in [-0.2, -0.15) is 0 Å². The predicted molar refractivity (Wildman–Crippen MR) is 68.5 cm³/mol. The molecule has 1 aromatic rings. The number of furan rings is 1. The van der Waals surface area contributed by atoms with Crippen LogP contribution in [0.5, 0.6) is 0 Å². The molecule has 1 nitrogen and oxygen atoms in total. The lowest BCUT2D eigenvalue weighted by molar-refractivity contribution is 0.283. The Labute approximate surface area is 101 Å². The maximum Gasteiger partial charge on any atom is 0.0934 e. The quantitative estimate of drug-likeness (QED) is 0.650. The Hall–Kier alpha value is -0.240. The molecule has 0 N–H and O–H groups in total. The lowest BCUT2D eigenvalue weighted by Crippen LogP contribution is -2.24. The first-order chi connectivity index (χ1) is 7.26. The Morgan fingerprint density at radius 3 is 2.67 bits per heavy atom. The number of hydrogen-bond donors (Lipinski definition) is 0. The van der Waals surface area contributed by atoms with Gasteiger partial charge in [0.25, 0.3) is 0 Å². The van der Waals surface area contributed by atoms with Crippen molar-refractivity contribution >= 4 is 15.9 Å². The van der Waals surface area contributed by atoms with Crippen molar-refractivity contribution in [2.24, 2.45) is 5.41 Å². The molecule has 1 atom stereocenters. The summed E-state index contributed by atoms with van der Waals surface area (Å²) in [5, 5.41) is 1.08. The minimum atomic E-state index is 0.417. The van der Waals surface area contributed by atoms with Gasteiger partial charge in [-0.15, -0.1) is 0 Å². The molecule has 0 aromatic carbocycles. The second kappa shape index (κ2) is 6.37. The van der Waals surface area contributed by atoms with E-state index in [1.165, 1.54) is 31.2 Å². The molecule has 1 aromatic heterocycles. The second-order valence-corrected chi connectivity index (χ2v) is 4.96. The van der Waals surface area contributed by atoms with E-state index in [0.29, 0.717) is 5.41 Å². The zero-order valence-corrected chi connectivity index (χ0v) is 11.3. The van der Waals surface area contributed by atoms with E-state index in [9.17, 15) is 0 Å². The molecule has 1 rings (SSSR count). The molecule has 15 heavy (non-hydrogen) atoms. The number of hydrogen-bond acceptors (Lipinski definition) is 1. The lowest BCUT2D eigenvalue weighted by atomic mass is 9.77. The Morgan fingerprint density at radius 1 is 1.40 bits per heavy atom. The first-order valence-electron chi connectivity index (χ1n) is 5.83. The summed E-state index contributed by atoms with van der Waals surface area (Å²) >= 11 is 3.68. The van der Waals surface area contributed by atoms with Crippen LogP contribution in [0.15, 0.2) is 23.0 Å². The van der Waals surface area contributed by atoms with Gasteiger partial charge in [0, 0.05) is 5.33 Å². The van der Waals surface area contributed by atoms with E-state index in [1.807, 2.05) is 6.26 Å². The van der Waals surface area contributed by atoms with Gasteiger partial charge >= 0.3 is 0 Å². The minimum absolute atomic E-state index is 0.417. The summed E-state index contributed by atoms with van der Waals surface area (Å²) in [6.45, 7) is 4.55. The number of rotatable bonds is 7. The van der Waals surface area contributed by atoms with Crippen LogP contribution in [-0.2, 0) is 6.42 Å². The van der Waals surface area contributed by atoms with Crippen LogP contribution in [0.2, 0.25) is 0 Å². The average molecular weight is 273 g/mol. The van der Waals surface area contributed by atoms with Gasteiger partial charge in [0.05, 0.1) is 12.5 Å². The standard InChI is InChI=1S/C13H21BrO/c1-3-5-7-13(4-2,11-14)9-12-6-8-15-10-12/h6,8,10H,3-5,7,9,11H2,1-2H3. The summed E-state index contributed by atoms with van der Waals surface area (Å²) in [6.07, 6.45) is 9.89. The molecule has 1 heterocycles. The van der Waals surface area contributed by atoms with Gasteiger partial charge in [-0.25, -0.2) is 0 Å². The molecule has 86 valence electrons. The lowest BCUT2D eigenvalue weighted by Gasteiger charge is -2.30. The Balaban J connectivity index is 2.63. The molecular formula is C13H21BrO. The molecule has 0 aliphatic heterocycles. The van der Waals surface area contributed by atoms with Gasteiger partial charge in [0.15, 0.2) is 0 Å². The van der Waals surface area contributed by atoms with E-state index in [-0.39, 0.29) is 0 Å². The minimum Gasteiger partial charge on any atom is -0.472 e. The van der Waals surface area contributed by atoms with Crippen molar-refractivity contribution in [1.82, 2.24) is 0 Å². The van der Waals surface area contributed by atoms with Gasteiger partial charge in [-0.1, -0.05) is 42.6 Å². The molecule has 0 bridgehead atoms. The van der Waals surface area contributed by atoms with Crippen LogP contribution in [0.25, 0.3) is 0 Å². The highest BCUT2D eigenvalue weighted by Crippen LogP contribution is 2.35. The SMILES string of the molecule is CCCCC(CC)(CBr)Cc1ccoc1. The van der Waals surface area contributed by atoms with Crippen molar-refractivity contribution < 1.29 is 4.42 Å². The zero-order chi connectivity index (χ0) is 11.1. The van der Waals surface area contributed by atoms with Crippen molar-refractivity contribution in [1.29, 1.82) is 0 Å². The van der Waals surface area contributed by atoms with E-state index in [4.69, 9.17) is 4.42 Å². The Morgan fingerprint density at radius 2 is 2.20 bits per heavy atom. The van der Waals surface area contributed by atoms with E-state index in [0.717, 1.165) is 11.8 Å². The van der Waals surface area contributed by atoms with Crippen LogP contribution in [0.4, 0.5) is 0 Å². The van der Waals surface area contributed by atoms with Crippen molar-refractivity contribution in [3.63, 3.8) is 0 Å². The highest BCUT2D eigenvalue weighted by molar-refractivity contribution is 9.09. The predicted octanol–water partition coefficient (Wildman–Crippen LogP) is 4.80. The molecule has 0 aliphatic rings. The summed E-state index contributed by atoms with van der Waals surface area (Å²) in [5.74, 6) is 0. The topological polar surface area (TPSA) is 13.1 Å². The van der Waals surface area contributed by atoms with Crippen LogP contribution < -0.4 is 0 Å². The molecule has 0 saturated carbocycles. The van der Waals surface area contributed by atoms with Gasteiger partial charge in [0.2, 0.25) is 0 Å². The van der Waals surface area contributed by atoms with Crippen molar-refractivity contribution in [3.8, 4) is 0 Å². The van der Waals surface area contributed by atoms with Crippen molar-refractivity contribution in [3.05, 3.63) is 24.2 Å².